The second kappa shape index (κ2) is 8.39. The number of likely N-dealkylation sites (N-methyl/N-ethyl adjacent to an activating group) is 1. The molecule has 1 atom stereocenters. The lowest BCUT2D eigenvalue weighted by molar-refractivity contribution is -0.140. The van der Waals surface area contributed by atoms with Crippen LogP contribution in [0, 0.1) is 11.8 Å². The van der Waals surface area contributed by atoms with Gasteiger partial charge in [0.1, 0.15) is 12.6 Å². The zero-order valence-electron chi connectivity index (χ0n) is 12.8. The summed E-state index contributed by atoms with van der Waals surface area (Å²) in [7, 11) is 1.45. The molecule has 0 bridgehead atoms. The highest BCUT2D eigenvalue weighted by Gasteiger charge is 2.25. The molecule has 0 radical (unpaired) electrons. The lowest BCUT2D eigenvalue weighted by Gasteiger charge is -2.23. The highest BCUT2D eigenvalue weighted by molar-refractivity contribution is 5.86. The van der Waals surface area contributed by atoms with E-state index in [2.05, 4.69) is 10.6 Å². The van der Waals surface area contributed by atoms with Crippen molar-refractivity contribution in [3.05, 3.63) is 0 Å². The topological polar surface area (TPSA) is 98.7 Å². The van der Waals surface area contributed by atoms with Crippen molar-refractivity contribution < 1.29 is 19.5 Å². The fourth-order valence-electron chi connectivity index (χ4n) is 1.42. The molecule has 0 aromatic rings. The quantitative estimate of drug-likeness (QED) is 0.635. The van der Waals surface area contributed by atoms with Crippen molar-refractivity contribution in [3.63, 3.8) is 0 Å². The molecule has 0 saturated carbocycles. The van der Waals surface area contributed by atoms with Gasteiger partial charge < -0.3 is 20.6 Å². The Balaban J connectivity index is 4.33. The molecular formula is C13H25N3O4. The molecule has 0 heterocycles. The standard InChI is InChI=1S/C13H25N3O4/c1-8(2)6-14-10(17)7-16(5)13(20)15-11(9(3)4)12(18)19/h8-9,11H,6-7H2,1-5H3,(H,14,17)(H,15,20)(H,18,19). The molecular weight excluding hydrogens is 262 g/mol. The predicted molar refractivity (Wildman–Crippen MR) is 75.3 cm³/mol. The molecule has 3 N–H and O–H groups in total. The molecule has 7 nitrogen and oxygen atoms in total. The summed E-state index contributed by atoms with van der Waals surface area (Å²) in [6, 6.07) is -1.55. The number of amides is 3. The third-order valence-electron chi connectivity index (χ3n) is 2.65. The van der Waals surface area contributed by atoms with E-state index in [4.69, 9.17) is 5.11 Å². The maximum atomic E-state index is 11.8. The number of nitrogens with zero attached hydrogens (tertiary/aromatic N) is 1. The highest BCUT2D eigenvalue weighted by Crippen LogP contribution is 2.02. The first-order valence-corrected chi connectivity index (χ1v) is 6.66. The van der Waals surface area contributed by atoms with E-state index in [0.717, 1.165) is 4.90 Å². The zero-order valence-corrected chi connectivity index (χ0v) is 12.8. The number of carboxylic acid groups (broad SMARTS) is 1. The minimum atomic E-state index is -1.09. The summed E-state index contributed by atoms with van der Waals surface area (Å²) in [4.78, 5) is 35.5. The van der Waals surface area contributed by atoms with Gasteiger partial charge in [-0.05, 0) is 11.8 Å². The van der Waals surface area contributed by atoms with Crippen molar-refractivity contribution in [2.45, 2.75) is 33.7 Å². The van der Waals surface area contributed by atoms with E-state index >= 15 is 0 Å². The molecule has 0 spiro atoms. The summed E-state index contributed by atoms with van der Waals surface area (Å²) in [5, 5.41) is 14.1. The average Bonchev–Trinajstić information content (AvgIpc) is 2.32. The van der Waals surface area contributed by atoms with Gasteiger partial charge in [-0.3, -0.25) is 4.79 Å². The summed E-state index contributed by atoms with van der Waals surface area (Å²) in [6.07, 6.45) is 0. The molecule has 0 aliphatic carbocycles. The van der Waals surface area contributed by atoms with Crippen LogP contribution in [0.15, 0.2) is 0 Å². The van der Waals surface area contributed by atoms with Gasteiger partial charge in [-0.15, -0.1) is 0 Å². The third kappa shape index (κ3) is 6.96. The van der Waals surface area contributed by atoms with Crippen LogP contribution in [0.2, 0.25) is 0 Å². The molecule has 0 saturated heterocycles. The Morgan fingerprint density at radius 3 is 2.10 bits per heavy atom. The minimum Gasteiger partial charge on any atom is -0.480 e. The average molecular weight is 287 g/mol. The molecule has 0 aliphatic heterocycles. The van der Waals surface area contributed by atoms with E-state index in [1.807, 2.05) is 13.8 Å². The van der Waals surface area contributed by atoms with Crippen LogP contribution >= 0.6 is 0 Å². The maximum absolute atomic E-state index is 11.8. The number of nitrogens with one attached hydrogen (secondary N) is 2. The number of hydrogen-bond acceptors (Lipinski definition) is 3. The van der Waals surface area contributed by atoms with Gasteiger partial charge in [0.15, 0.2) is 0 Å². The minimum absolute atomic E-state index is 0.108. The van der Waals surface area contributed by atoms with Crippen molar-refractivity contribution in [2.75, 3.05) is 20.1 Å². The normalized spacial score (nSPS) is 12.2. The summed E-state index contributed by atoms with van der Waals surface area (Å²) in [6.45, 7) is 7.78. The van der Waals surface area contributed by atoms with Gasteiger partial charge in [-0.1, -0.05) is 27.7 Å². The van der Waals surface area contributed by atoms with Gasteiger partial charge in [0, 0.05) is 13.6 Å². The molecule has 0 aromatic carbocycles. The van der Waals surface area contributed by atoms with E-state index in [1.54, 1.807) is 13.8 Å². The predicted octanol–water partition coefficient (Wildman–Crippen LogP) is 0.509. The second-order valence-corrected chi connectivity index (χ2v) is 5.56. The number of aliphatic carboxylic acids is 1. The number of carboxylic acids is 1. The Morgan fingerprint density at radius 2 is 1.70 bits per heavy atom. The Bertz CT molecular complexity index is 356. The summed E-state index contributed by atoms with van der Waals surface area (Å²) < 4.78 is 0. The summed E-state index contributed by atoms with van der Waals surface area (Å²) >= 11 is 0. The van der Waals surface area contributed by atoms with Gasteiger partial charge in [-0.2, -0.15) is 0 Å². The molecule has 3 amide bonds. The molecule has 0 aliphatic rings. The van der Waals surface area contributed by atoms with Crippen molar-refractivity contribution in [2.24, 2.45) is 11.8 Å². The van der Waals surface area contributed by atoms with Crippen molar-refractivity contribution >= 4 is 17.9 Å². The van der Waals surface area contributed by atoms with E-state index in [-0.39, 0.29) is 18.4 Å². The highest BCUT2D eigenvalue weighted by atomic mass is 16.4. The Labute approximate surface area is 119 Å². The Kier molecular flexibility index (Phi) is 7.64. The van der Waals surface area contributed by atoms with E-state index in [1.165, 1.54) is 7.05 Å². The van der Waals surface area contributed by atoms with E-state index in [9.17, 15) is 14.4 Å². The first kappa shape index (κ1) is 18.2. The van der Waals surface area contributed by atoms with Gasteiger partial charge in [-0.25, -0.2) is 9.59 Å². The number of hydrogen-bond donors (Lipinski definition) is 3. The monoisotopic (exact) mass is 287 g/mol. The second-order valence-electron chi connectivity index (χ2n) is 5.56. The smallest absolute Gasteiger partial charge is 0.326 e. The molecule has 7 heteroatoms. The zero-order chi connectivity index (χ0) is 15.9. The first-order chi connectivity index (χ1) is 9.15. The lowest BCUT2D eigenvalue weighted by atomic mass is 10.1. The lowest BCUT2D eigenvalue weighted by Crippen LogP contribution is -2.51. The van der Waals surface area contributed by atoms with Gasteiger partial charge >= 0.3 is 12.0 Å². The van der Waals surface area contributed by atoms with Crippen molar-refractivity contribution in [1.29, 1.82) is 0 Å². The Morgan fingerprint density at radius 1 is 1.15 bits per heavy atom. The maximum Gasteiger partial charge on any atom is 0.326 e. The largest absolute Gasteiger partial charge is 0.480 e. The first-order valence-electron chi connectivity index (χ1n) is 6.66. The van der Waals surface area contributed by atoms with Crippen LogP contribution in [-0.4, -0.2) is 54.1 Å². The van der Waals surface area contributed by atoms with Crippen molar-refractivity contribution in [1.82, 2.24) is 15.5 Å². The summed E-state index contributed by atoms with van der Waals surface area (Å²) in [5.41, 5.74) is 0. The SMILES string of the molecule is CC(C)CNC(=O)CN(C)C(=O)NC(C(=O)O)C(C)C. The van der Waals surface area contributed by atoms with Crippen LogP contribution in [-0.2, 0) is 9.59 Å². The van der Waals surface area contributed by atoms with Crippen LogP contribution < -0.4 is 10.6 Å². The van der Waals surface area contributed by atoms with Crippen LogP contribution in [0.3, 0.4) is 0 Å². The Hall–Kier alpha value is -1.79. The molecule has 116 valence electrons. The van der Waals surface area contributed by atoms with Crippen LogP contribution in [0.25, 0.3) is 0 Å². The number of carbonyl (C=O) groups excluding carboxylic acids is 2. The van der Waals surface area contributed by atoms with Crippen LogP contribution in [0.4, 0.5) is 4.79 Å². The molecule has 0 rings (SSSR count). The third-order valence-corrected chi connectivity index (χ3v) is 2.65. The fraction of sp³-hybridized carbons (Fsp3) is 0.769. The number of rotatable bonds is 7. The number of urea groups is 1. The van der Waals surface area contributed by atoms with E-state index in [0.29, 0.717) is 12.5 Å². The molecule has 1 unspecified atom stereocenters. The van der Waals surface area contributed by atoms with Crippen molar-refractivity contribution in [3.8, 4) is 0 Å². The van der Waals surface area contributed by atoms with Crippen LogP contribution in [0.5, 0.6) is 0 Å². The van der Waals surface area contributed by atoms with Gasteiger partial charge in [0.2, 0.25) is 5.91 Å². The summed E-state index contributed by atoms with van der Waals surface area (Å²) in [5.74, 6) is -1.27. The van der Waals surface area contributed by atoms with Gasteiger partial charge in [0.25, 0.3) is 0 Å². The molecule has 0 fully saturated rings. The van der Waals surface area contributed by atoms with E-state index < -0.39 is 18.0 Å². The number of carbonyl (C=O) groups is 3. The van der Waals surface area contributed by atoms with Crippen LogP contribution in [0.1, 0.15) is 27.7 Å². The molecule has 0 aromatic heterocycles. The van der Waals surface area contributed by atoms with Gasteiger partial charge in [0.05, 0.1) is 0 Å². The molecule has 20 heavy (non-hydrogen) atoms. The fourth-order valence-corrected chi connectivity index (χ4v) is 1.42.